The molecule has 312 valence electrons. The van der Waals surface area contributed by atoms with Crippen LogP contribution in [0.25, 0.3) is 0 Å². The first-order valence-electron chi connectivity index (χ1n) is 22.4. The first-order chi connectivity index (χ1) is 25.8. The van der Waals surface area contributed by atoms with Crippen molar-refractivity contribution in [3.63, 3.8) is 0 Å². The van der Waals surface area contributed by atoms with Crippen LogP contribution >= 0.6 is 0 Å². The van der Waals surface area contributed by atoms with Gasteiger partial charge in [-0.1, -0.05) is 181 Å². The summed E-state index contributed by atoms with van der Waals surface area (Å²) in [6, 6.07) is -1.38. The van der Waals surface area contributed by atoms with Crippen LogP contribution in [0.3, 0.4) is 0 Å². The molecular weight excluding hydrogens is 668 g/mol. The van der Waals surface area contributed by atoms with E-state index >= 15 is 0 Å². The molecule has 0 heterocycles. The maximum absolute atomic E-state index is 12.8. The Kier molecular flexibility index (Phi) is 37.9. The standard InChI is InChI=1S/C44H84N2O7/c1-3-5-7-9-11-13-15-16-17-19-20-22-25-29-33-39(53-43(50)36-32-28-23-21-18-14-12-10-8-6-4-2)34-30-26-24-27-31-35-41(48)45-37-42(49)46-40(38-47)44(51)52/h39-40,47H,3-38H2,1-2H3,(H,45,48)(H,46,49)(H,51,52). The predicted molar refractivity (Wildman–Crippen MR) is 218 cm³/mol. The van der Waals surface area contributed by atoms with Crippen molar-refractivity contribution >= 4 is 23.8 Å². The van der Waals surface area contributed by atoms with Crippen molar-refractivity contribution in [2.45, 2.75) is 244 Å². The highest BCUT2D eigenvalue weighted by Gasteiger charge is 2.19. The summed E-state index contributed by atoms with van der Waals surface area (Å²) < 4.78 is 6.03. The molecule has 0 aliphatic rings. The Morgan fingerprint density at radius 3 is 1.23 bits per heavy atom. The number of aliphatic hydroxyl groups excluding tert-OH is 1. The molecule has 0 radical (unpaired) electrons. The van der Waals surface area contributed by atoms with E-state index in [4.69, 9.17) is 14.9 Å². The lowest BCUT2D eigenvalue weighted by Crippen LogP contribution is -2.47. The molecule has 0 saturated heterocycles. The fourth-order valence-corrected chi connectivity index (χ4v) is 6.89. The van der Waals surface area contributed by atoms with Gasteiger partial charge in [-0.05, 0) is 38.5 Å². The van der Waals surface area contributed by atoms with E-state index in [0.29, 0.717) is 19.3 Å². The third kappa shape index (κ3) is 36.6. The van der Waals surface area contributed by atoms with Crippen molar-refractivity contribution in [3.05, 3.63) is 0 Å². The number of esters is 1. The number of aliphatic hydroxyl groups is 1. The Balaban J connectivity index is 4.28. The quantitative estimate of drug-likeness (QED) is 0.0360. The second-order valence-electron chi connectivity index (χ2n) is 15.5. The largest absolute Gasteiger partial charge is 0.480 e. The number of hydrogen-bond donors (Lipinski definition) is 4. The average Bonchev–Trinajstić information content (AvgIpc) is 3.14. The second kappa shape index (κ2) is 39.5. The summed E-state index contributed by atoms with van der Waals surface area (Å²) in [7, 11) is 0. The number of carbonyl (C=O) groups excluding carboxylic acids is 3. The summed E-state index contributed by atoms with van der Waals surface area (Å²) in [5.41, 5.74) is 0. The maximum atomic E-state index is 12.8. The minimum absolute atomic E-state index is 0.00369. The van der Waals surface area contributed by atoms with E-state index in [-0.39, 0.29) is 24.5 Å². The summed E-state index contributed by atoms with van der Waals surface area (Å²) in [6.45, 7) is 3.50. The Hall–Kier alpha value is -2.16. The summed E-state index contributed by atoms with van der Waals surface area (Å²) in [4.78, 5) is 47.6. The molecule has 9 heteroatoms. The number of carboxylic acids is 1. The highest BCUT2D eigenvalue weighted by molar-refractivity contribution is 5.87. The highest BCUT2D eigenvalue weighted by atomic mass is 16.5. The van der Waals surface area contributed by atoms with Gasteiger partial charge < -0.3 is 25.6 Å². The number of rotatable bonds is 41. The molecule has 0 aromatic heterocycles. The van der Waals surface area contributed by atoms with Gasteiger partial charge >= 0.3 is 11.9 Å². The van der Waals surface area contributed by atoms with Gasteiger partial charge in [0.05, 0.1) is 13.2 Å². The van der Waals surface area contributed by atoms with Crippen LogP contribution in [0, 0.1) is 0 Å². The first-order valence-corrected chi connectivity index (χ1v) is 22.4. The zero-order valence-electron chi connectivity index (χ0n) is 34.5. The third-order valence-corrected chi connectivity index (χ3v) is 10.4. The number of carbonyl (C=O) groups is 4. The lowest BCUT2D eigenvalue weighted by atomic mass is 10.0. The van der Waals surface area contributed by atoms with Gasteiger partial charge in [0.1, 0.15) is 12.1 Å². The van der Waals surface area contributed by atoms with E-state index in [1.54, 1.807) is 0 Å². The summed E-state index contributed by atoms with van der Waals surface area (Å²) in [5.74, 6) is -2.27. The van der Waals surface area contributed by atoms with Crippen LogP contribution < -0.4 is 10.6 Å². The minimum Gasteiger partial charge on any atom is -0.480 e. The number of hydrogen-bond acceptors (Lipinski definition) is 6. The molecule has 0 rings (SSSR count). The Morgan fingerprint density at radius 1 is 0.491 bits per heavy atom. The van der Waals surface area contributed by atoms with E-state index in [9.17, 15) is 19.2 Å². The molecule has 9 nitrogen and oxygen atoms in total. The van der Waals surface area contributed by atoms with Gasteiger partial charge in [0.15, 0.2) is 0 Å². The minimum atomic E-state index is -1.38. The lowest BCUT2D eigenvalue weighted by molar-refractivity contribution is -0.150. The van der Waals surface area contributed by atoms with Gasteiger partial charge in [-0.3, -0.25) is 14.4 Å². The molecule has 0 bridgehead atoms. The average molecular weight is 753 g/mol. The van der Waals surface area contributed by atoms with Gasteiger partial charge in [0, 0.05) is 12.8 Å². The van der Waals surface area contributed by atoms with Crippen molar-refractivity contribution in [2.75, 3.05) is 13.2 Å². The predicted octanol–water partition coefficient (Wildman–Crippen LogP) is 10.9. The highest BCUT2D eigenvalue weighted by Crippen LogP contribution is 2.19. The summed E-state index contributed by atoms with van der Waals surface area (Å²) in [5, 5.41) is 22.6. The zero-order valence-corrected chi connectivity index (χ0v) is 34.5. The van der Waals surface area contributed by atoms with Crippen LogP contribution in [0.5, 0.6) is 0 Å². The molecule has 4 N–H and O–H groups in total. The van der Waals surface area contributed by atoms with Crippen LogP contribution in [0.15, 0.2) is 0 Å². The molecule has 53 heavy (non-hydrogen) atoms. The third-order valence-electron chi connectivity index (χ3n) is 10.4. The van der Waals surface area contributed by atoms with Crippen molar-refractivity contribution in [3.8, 4) is 0 Å². The molecule has 0 saturated carbocycles. The maximum Gasteiger partial charge on any atom is 0.328 e. The number of unbranched alkanes of at least 4 members (excludes halogenated alkanes) is 27. The molecule has 0 fully saturated rings. The second-order valence-corrected chi connectivity index (χ2v) is 15.5. The Labute approximate surface area is 325 Å². The summed E-state index contributed by atoms with van der Waals surface area (Å²) in [6.07, 6.45) is 39.8. The SMILES string of the molecule is CCCCCCCCCCCCCCCCC(CCCCCCCC(=O)NCC(=O)NC(CO)C(=O)O)OC(=O)CCCCCCCCCCCCC. The summed E-state index contributed by atoms with van der Waals surface area (Å²) >= 11 is 0. The molecular formula is C44H84N2O7. The van der Waals surface area contributed by atoms with Gasteiger partial charge in [0.25, 0.3) is 0 Å². The van der Waals surface area contributed by atoms with Crippen LogP contribution in [-0.4, -0.2) is 59.3 Å². The van der Waals surface area contributed by atoms with Crippen LogP contribution in [0.1, 0.15) is 232 Å². The van der Waals surface area contributed by atoms with Crippen molar-refractivity contribution in [1.29, 1.82) is 0 Å². The van der Waals surface area contributed by atoms with E-state index in [1.165, 1.54) is 141 Å². The van der Waals surface area contributed by atoms with Crippen LogP contribution in [0.2, 0.25) is 0 Å². The van der Waals surface area contributed by atoms with Gasteiger partial charge in [0.2, 0.25) is 11.8 Å². The molecule has 0 aromatic rings. The monoisotopic (exact) mass is 753 g/mol. The lowest BCUT2D eigenvalue weighted by Gasteiger charge is -2.18. The fourth-order valence-electron chi connectivity index (χ4n) is 6.89. The van der Waals surface area contributed by atoms with E-state index < -0.39 is 24.5 Å². The number of amides is 2. The molecule has 2 atom stereocenters. The normalized spacial score (nSPS) is 12.4. The molecule has 0 aliphatic carbocycles. The topological polar surface area (TPSA) is 142 Å². The number of aliphatic carboxylic acids is 1. The number of carboxylic acid groups (broad SMARTS) is 1. The van der Waals surface area contributed by atoms with Crippen molar-refractivity contribution in [2.24, 2.45) is 0 Å². The van der Waals surface area contributed by atoms with Gasteiger partial charge in [-0.25, -0.2) is 4.79 Å². The Morgan fingerprint density at radius 2 is 0.849 bits per heavy atom. The molecule has 0 aliphatic heterocycles. The molecule has 2 unspecified atom stereocenters. The van der Waals surface area contributed by atoms with Gasteiger partial charge in [-0.2, -0.15) is 0 Å². The van der Waals surface area contributed by atoms with E-state index in [2.05, 4.69) is 24.5 Å². The smallest absolute Gasteiger partial charge is 0.328 e. The molecule has 0 aromatic carbocycles. The molecule has 0 spiro atoms. The van der Waals surface area contributed by atoms with Crippen LogP contribution in [0.4, 0.5) is 0 Å². The number of ether oxygens (including phenoxy) is 1. The fraction of sp³-hybridized carbons (Fsp3) is 0.909. The van der Waals surface area contributed by atoms with Crippen molar-refractivity contribution in [1.82, 2.24) is 10.6 Å². The van der Waals surface area contributed by atoms with E-state index in [0.717, 1.165) is 57.8 Å². The number of nitrogens with one attached hydrogen (secondary N) is 2. The first kappa shape index (κ1) is 50.8. The van der Waals surface area contributed by atoms with Crippen molar-refractivity contribution < 1.29 is 34.1 Å². The molecule has 2 amide bonds. The van der Waals surface area contributed by atoms with E-state index in [1.807, 2.05) is 0 Å². The zero-order chi connectivity index (χ0) is 39.0. The Bertz CT molecular complexity index is 869. The van der Waals surface area contributed by atoms with Gasteiger partial charge in [-0.15, -0.1) is 0 Å². The van der Waals surface area contributed by atoms with Crippen LogP contribution in [-0.2, 0) is 23.9 Å².